The average Bonchev–Trinajstić information content (AvgIpc) is 2.52. The lowest BCUT2D eigenvalue weighted by atomic mass is 9.96. The summed E-state index contributed by atoms with van der Waals surface area (Å²) >= 11 is 0. The zero-order chi connectivity index (χ0) is 15.7. The minimum absolute atomic E-state index is 0.0496. The van der Waals surface area contributed by atoms with Crippen molar-refractivity contribution in [3.8, 4) is 0 Å². The van der Waals surface area contributed by atoms with Crippen LogP contribution in [-0.2, 0) is 4.79 Å². The molecule has 0 heterocycles. The van der Waals surface area contributed by atoms with Crippen LogP contribution < -0.4 is 11.1 Å². The van der Waals surface area contributed by atoms with Crippen LogP contribution in [0.3, 0.4) is 0 Å². The van der Waals surface area contributed by atoms with Crippen LogP contribution in [0.1, 0.15) is 51.1 Å². The SMILES string of the molecule is CCC(CC)C(O)CNC(=O)CCC(N)c1ccccc1. The highest BCUT2D eigenvalue weighted by Gasteiger charge is 2.16. The molecule has 2 atom stereocenters. The molecule has 1 aromatic rings. The first-order chi connectivity index (χ1) is 10.1. The molecule has 4 nitrogen and oxygen atoms in total. The van der Waals surface area contributed by atoms with Gasteiger partial charge >= 0.3 is 0 Å². The summed E-state index contributed by atoms with van der Waals surface area (Å²) in [6.07, 6.45) is 2.37. The van der Waals surface area contributed by atoms with Gasteiger partial charge in [0.05, 0.1) is 6.10 Å². The number of benzene rings is 1. The number of hydrogen-bond donors (Lipinski definition) is 3. The Bertz CT molecular complexity index is 405. The first-order valence-electron chi connectivity index (χ1n) is 7.83. The standard InChI is InChI=1S/C17H28N2O2/c1-3-13(4-2)16(20)12-19-17(21)11-10-15(18)14-8-6-5-7-9-14/h5-9,13,15-16,20H,3-4,10-12,18H2,1-2H3,(H,19,21). The Balaban J connectivity index is 2.28. The fourth-order valence-electron chi connectivity index (χ4n) is 2.46. The molecule has 4 N–H and O–H groups in total. The first-order valence-corrected chi connectivity index (χ1v) is 7.83. The zero-order valence-corrected chi connectivity index (χ0v) is 13.1. The van der Waals surface area contributed by atoms with E-state index in [4.69, 9.17) is 5.73 Å². The lowest BCUT2D eigenvalue weighted by Gasteiger charge is -2.20. The van der Waals surface area contributed by atoms with Gasteiger partial charge in [-0.2, -0.15) is 0 Å². The number of hydrogen-bond acceptors (Lipinski definition) is 3. The second-order valence-corrected chi connectivity index (χ2v) is 5.50. The minimum Gasteiger partial charge on any atom is -0.391 e. The second kappa shape index (κ2) is 9.53. The fourth-order valence-corrected chi connectivity index (χ4v) is 2.46. The number of aliphatic hydroxyl groups is 1. The lowest BCUT2D eigenvalue weighted by molar-refractivity contribution is -0.121. The summed E-state index contributed by atoms with van der Waals surface area (Å²) in [5, 5.41) is 12.8. The van der Waals surface area contributed by atoms with Gasteiger partial charge in [-0.15, -0.1) is 0 Å². The van der Waals surface area contributed by atoms with Crippen LogP contribution >= 0.6 is 0 Å². The molecule has 0 radical (unpaired) electrons. The lowest BCUT2D eigenvalue weighted by Crippen LogP contribution is -2.36. The Morgan fingerprint density at radius 2 is 1.86 bits per heavy atom. The third-order valence-electron chi connectivity index (χ3n) is 4.01. The molecule has 0 saturated heterocycles. The Labute approximate surface area is 127 Å². The number of nitrogens with one attached hydrogen (secondary N) is 1. The van der Waals surface area contributed by atoms with Gasteiger partial charge in [0.15, 0.2) is 0 Å². The molecule has 0 spiro atoms. The molecule has 0 fully saturated rings. The summed E-state index contributed by atoms with van der Waals surface area (Å²) in [6, 6.07) is 9.66. The molecule has 0 aliphatic rings. The minimum atomic E-state index is -0.466. The molecular weight excluding hydrogens is 264 g/mol. The molecule has 0 saturated carbocycles. The van der Waals surface area contributed by atoms with Crippen molar-refractivity contribution in [2.75, 3.05) is 6.54 Å². The van der Waals surface area contributed by atoms with E-state index in [1.54, 1.807) is 0 Å². The van der Waals surface area contributed by atoms with E-state index in [2.05, 4.69) is 19.2 Å². The fraction of sp³-hybridized carbons (Fsp3) is 0.588. The molecule has 1 rings (SSSR count). The Morgan fingerprint density at radius 1 is 1.24 bits per heavy atom. The molecule has 2 unspecified atom stereocenters. The molecule has 0 aliphatic heterocycles. The van der Waals surface area contributed by atoms with Crippen LogP contribution in [0.4, 0.5) is 0 Å². The maximum absolute atomic E-state index is 11.8. The van der Waals surface area contributed by atoms with Crippen molar-refractivity contribution in [3.63, 3.8) is 0 Å². The van der Waals surface area contributed by atoms with E-state index < -0.39 is 6.10 Å². The van der Waals surface area contributed by atoms with Crippen molar-refractivity contribution in [1.82, 2.24) is 5.32 Å². The van der Waals surface area contributed by atoms with E-state index in [1.807, 2.05) is 30.3 Å². The van der Waals surface area contributed by atoms with Gasteiger partial charge in [-0.3, -0.25) is 4.79 Å². The normalized spacial score (nSPS) is 14.0. The van der Waals surface area contributed by atoms with Gasteiger partial charge in [0.1, 0.15) is 0 Å². The molecule has 4 heteroatoms. The number of carbonyl (C=O) groups is 1. The third-order valence-corrected chi connectivity index (χ3v) is 4.01. The van der Waals surface area contributed by atoms with E-state index in [9.17, 15) is 9.90 Å². The predicted molar refractivity (Wildman–Crippen MR) is 85.7 cm³/mol. The number of carbonyl (C=O) groups excluding carboxylic acids is 1. The number of aliphatic hydroxyl groups excluding tert-OH is 1. The van der Waals surface area contributed by atoms with E-state index in [1.165, 1.54) is 0 Å². The molecule has 0 bridgehead atoms. The summed E-state index contributed by atoms with van der Waals surface area (Å²) < 4.78 is 0. The third kappa shape index (κ3) is 6.27. The van der Waals surface area contributed by atoms with Gasteiger partial charge < -0.3 is 16.2 Å². The van der Waals surface area contributed by atoms with Crippen LogP contribution in [0.15, 0.2) is 30.3 Å². The van der Waals surface area contributed by atoms with Gasteiger partial charge in [-0.1, -0.05) is 57.0 Å². The van der Waals surface area contributed by atoms with Crippen LogP contribution in [0.5, 0.6) is 0 Å². The Morgan fingerprint density at radius 3 is 2.43 bits per heavy atom. The maximum atomic E-state index is 11.8. The summed E-state index contributed by atoms with van der Waals surface area (Å²) in [5.41, 5.74) is 7.11. The Hall–Kier alpha value is -1.39. The highest BCUT2D eigenvalue weighted by Crippen LogP contribution is 2.15. The van der Waals surface area contributed by atoms with Crippen molar-refractivity contribution in [1.29, 1.82) is 0 Å². The van der Waals surface area contributed by atoms with E-state index >= 15 is 0 Å². The average molecular weight is 292 g/mol. The summed E-state index contributed by atoms with van der Waals surface area (Å²) in [5.74, 6) is 0.197. The summed E-state index contributed by atoms with van der Waals surface area (Å²) in [7, 11) is 0. The Kier molecular flexibility index (Phi) is 8.01. The van der Waals surface area contributed by atoms with Crippen LogP contribution in [0, 0.1) is 5.92 Å². The van der Waals surface area contributed by atoms with Gasteiger partial charge in [0, 0.05) is 19.0 Å². The molecule has 1 aromatic carbocycles. The van der Waals surface area contributed by atoms with E-state index in [0.717, 1.165) is 18.4 Å². The largest absolute Gasteiger partial charge is 0.391 e. The van der Waals surface area contributed by atoms with E-state index in [0.29, 0.717) is 19.4 Å². The summed E-state index contributed by atoms with van der Waals surface area (Å²) in [4.78, 5) is 11.8. The van der Waals surface area contributed by atoms with Crippen molar-refractivity contribution >= 4 is 5.91 Å². The van der Waals surface area contributed by atoms with E-state index in [-0.39, 0.29) is 17.9 Å². The first kappa shape index (κ1) is 17.7. The molecule has 1 amide bonds. The second-order valence-electron chi connectivity index (χ2n) is 5.50. The highest BCUT2D eigenvalue weighted by molar-refractivity contribution is 5.75. The molecular formula is C17H28N2O2. The number of rotatable bonds is 9. The monoisotopic (exact) mass is 292 g/mol. The molecule has 21 heavy (non-hydrogen) atoms. The molecule has 0 aromatic heterocycles. The maximum Gasteiger partial charge on any atom is 0.220 e. The highest BCUT2D eigenvalue weighted by atomic mass is 16.3. The van der Waals surface area contributed by atoms with Crippen molar-refractivity contribution in [2.24, 2.45) is 11.7 Å². The van der Waals surface area contributed by atoms with Gasteiger partial charge in [0.2, 0.25) is 5.91 Å². The molecule has 118 valence electrons. The quantitative estimate of drug-likeness (QED) is 0.654. The van der Waals surface area contributed by atoms with Crippen LogP contribution in [0.25, 0.3) is 0 Å². The molecule has 0 aliphatic carbocycles. The zero-order valence-electron chi connectivity index (χ0n) is 13.1. The van der Waals surface area contributed by atoms with Crippen molar-refractivity contribution in [2.45, 2.75) is 51.7 Å². The number of amides is 1. The smallest absolute Gasteiger partial charge is 0.220 e. The summed E-state index contributed by atoms with van der Waals surface area (Å²) in [6.45, 7) is 4.43. The topological polar surface area (TPSA) is 75.3 Å². The number of nitrogens with two attached hydrogens (primary N) is 1. The predicted octanol–water partition coefficient (Wildman–Crippen LogP) is 2.38. The van der Waals surface area contributed by atoms with Gasteiger partial charge in [0.25, 0.3) is 0 Å². The van der Waals surface area contributed by atoms with Gasteiger partial charge in [-0.05, 0) is 17.9 Å². The van der Waals surface area contributed by atoms with Crippen molar-refractivity contribution in [3.05, 3.63) is 35.9 Å². The van der Waals surface area contributed by atoms with Crippen LogP contribution in [-0.4, -0.2) is 23.7 Å². The van der Waals surface area contributed by atoms with Crippen molar-refractivity contribution < 1.29 is 9.90 Å². The van der Waals surface area contributed by atoms with Crippen LogP contribution in [0.2, 0.25) is 0 Å². The van der Waals surface area contributed by atoms with Gasteiger partial charge in [-0.25, -0.2) is 0 Å².